The van der Waals surface area contributed by atoms with Crippen LogP contribution >= 0.6 is 0 Å². The van der Waals surface area contributed by atoms with Gasteiger partial charge in [0.05, 0.1) is 12.9 Å². The first-order valence-electron chi connectivity index (χ1n) is 3.92. The van der Waals surface area contributed by atoms with Gasteiger partial charge >= 0.3 is 0 Å². The van der Waals surface area contributed by atoms with E-state index in [1.807, 2.05) is 0 Å². The molecule has 0 saturated heterocycles. The Balaban J connectivity index is 2.47. The van der Waals surface area contributed by atoms with E-state index in [0.29, 0.717) is 12.0 Å². The number of hydrogen-bond donors (Lipinski definition) is 0. The molecule has 14 heavy (non-hydrogen) atoms. The van der Waals surface area contributed by atoms with Gasteiger partial charge < -0.3 is 0 Å². The predicted octanol–water partition coefficient (Wildman–Crippen LogP) is 0.739. The number of pyridine rings is 1. The summed E-state index contributed by atoms with van der Waals surface area (Å²) in [4.78, 5) is 3.37. The first-order chi connectivity index (χ1) is 6.47. The highest BCUT2D eigenvalue weighted by atomic mass is 32.2. The van der Waals surface area contributed by atoms with Crippen molar-refractivity contribution in [1.82, 2.24) is 4.98 Å². The Hall–Kier alpha value is -1.01. The van der Waals surface area contributed by atoms with Crippen LogP contribution in [0.2, 0.25) is 0 Å². The van der Waals surface area contributed by atoms with Crippen molar-refractivity contribution >= 4 is 10.1 Å². The number of nitrogens with zero attached hydrogens (tertiary/aromatic N) is 1. The van der Waals surface area contributed by atoms with Crippen molar-refractivity contribution in [3.63, 3.8) is 0 Å². The molecule has 0 N–H and O–H groups in total. The maximum absolute atomic E-state index is 12.6. The molecular weight excluding hydrogens is 209 g/mol. The Bertz CT molecular complexity index is 405. The highest BCUT2D eigenvalue weighted by Gasteiger charge is 2.02. The summed E-state index contributed by atoms with van der Waals surface area (Å²) in [5.41, 5.74) is 0.654. The SMILES string of the molecule is CS(=O)(=O)OCCc1ccnc(F)c1. The fourth-order valence-electron chi connectivity index (χ4n) is 0.909. The van der Waals surface area contributed by atoms with E-state index in [-0.39, 0.29) is 6.61 Å². The fourth-order valence-corrected chi connectivity index (χ4v) is 1.30. The molecular formula is C8H10FNO3S. The Morgan fingerprint density at radius 3 is 2.86 bits per heavy atom. The zero-order valence-corrected chi connectivity index (χ0v) is 8.42. The van der Waals surface area contributed by atoms with E-state index in [2.05, 4.69) is 9.17 Å². The van der Waals surface area contributed by atoms with Gasteiger partial charge in [0, 0.05) is 6.20 Å². The molecule has 0 aliphatic carbocycles. The molecule has 0 radical (unpaired) electrons. The van der Waals surface area contributed by atoms with Gasteiger partial charge in [-0.2, -0.15) is 12.8 Å². The molecule has 0 saturated carbocycles. The van der Waals surface area contributed by atoms with Crippen LogP contribution < -0.4 is 0 Å². The van der Waals surface area contributed by atoms with Crippen LogP contribution in [-0.2, 0) is 20.7 Å². The maximum Gasteiger partial charge on any atom is 0.264 e. The summed E-state index contributed by atoms with van der Waals surface area (Å²) in [6.07, 6.45) is 2.64. The number of hydrogen-bond acceptors (Lipinski definition) is 4. The highest BCUT2D eigenvalue weighted by Crippen LogP contribution is 2.02. The topological polar surface area (TPSA) is 56.3 Å². The van der Waals surface area contributed by atoms with Crippen LogP contribution in [0, 0.1) is 5.95 Å². The third-order valence-electron chi connectivity index (χ3n) is 1.48. The molecule has 0 amide bonds. The average Bonchev–Trinajstić information content (AvgIpc) is 2.01. The summed E-state index contributed by atoms with van der Waals surface area (Å²) in [5, 5.41) is 0. The maximum atomic E-state index is 12.6. The molecule has 4 nitrogen and oxygen atoms in total. The van der Waals surface area contributed by atoms with Gasteiger partial charge in [0.15, 0.2) is 0 Å². The quantitative estimate of drug-likeness (QED) is 0.553. The zero-order chi connectivity index (χ0) is 10.6. The predicted molar refractivity (Wildman–Crippen MR) is 48.7 cm³/mol. The van der Waals surface area contributed by atoms with Crippen LogP contribution in [0.5, 0.6) is 0 Å². The van der Waals surface area contributed by atoms with E-state index in [1.165, 1.54) is 12.3 Å². The van der Waals surface area contributed by atoms with Crippen molar-refractivity contribution < 1.29 is 17.0 Å². The van der Waals surface area contributed by atoms with Crippen LogP contribution in [-0.4, -0.2) is 26.3 Å². The minimum Gasteiger partial charge on any atom is -0.270 e. The normalized spacial score (nSPS) is 11.6. The van der Waals surface area contributed by atoms with Crippen LogP contribution in [0.3, 0.4) is 0 Å². The van der Waals surface area contributed by atoms with Crippen molar-refractivity contribution in [3.05, 3.63) is 29.8 Å². The molecule has 6 heteroatoms. The Morgan fingerprint density at radius 1 is 1.57 bits per heavy atom. The second kappa shape index (κ2) is 4.47. The minimum absolute atomic E-state index is 0.0162. The molecule has 0 atom stereocenters. The van der Waals surface area contributed by atoms with Gasteiger partial charge in [-0.1, -0.05) is 0 Å². The number of rotatable bonds is 4. The number of halogens is 1. The van der Waals surface area contributed by atoms with Crippen LogP contribution in [0.4, 0.5) is 4.39 Å². The van der Waals surface area contributed by atoms with E-state index in [4.69, 9.17) is 0 Å². The van der Waals surface area contributed by atoms with Gasteiger partial charge in [-0.3, -0.25) is 4.18 Å². The monoisotopic (exact) mass is 219 g/mol. The lowest BCUT2D eigenvalue weighted by molar-refractivity contribution is 0.325. The molecule has 0 aliphatic rings. The summed E-state index contributed by atoms with van der Waals surface area (Å²) in [5.74, 6) is -0.582. The summed E-state index contributed by atoms with van der Waals surface area (Å²) in [6, 6.07) is 2.85. The molecule has 0 aromatic carbocycles. The molecule has 1 aromatic rings. The fraction of sp³-hybridized carbons (Fsp3) is 0.375. The van der Waals surface area contributed by atoms with Crippen molar-refractivity contribution in [2.24, 2.45) is 0 Å². The van der Waals surface area contributed by atoms with Gasteiger partial charge in [0.2, 0.25) is 5.95 Å². The molecule has 0 aliphatic heterocycles. The zero-order valence-electron chi connectivity index (χ0n) is 7.60. The van der Waals surface area contributed by atoms with Gasteiger partial charge in [0.25, 0.3) is 10.1 Å². The molecule has 1 heterocycles. The molecule has 0 bridgehead atoms. The van der Waals surface area contributed by atoms with E-state index in [1.54, 1.807) is 6.07 Å². The lowest BCUT2D eigenvalue weighted by Crippen LogP contribution is -2.06. The lowest BCUT2D eigenvalue weighted by Gasteiger charge is -2.01. The first-order valence-corrected chi connectivity index (χ1v) is 5.74. The van der Waals surface area contributed by atoms with Crippen LogP contribution in [0.1, 0.15) is 5.56 Å². The Labute approximate surface area is 81.9 Å². The van der Waals surface area contributed by atoms with Gasteiger partial charge in [-0.15, -0.1) is 0 Å². The summed E-state index contributed by atoms with van der Waals surface area (Å²) < 4.78 is 38.2. The third-order valence-corrected chi connectivity index (χ3v) is 2.07. The molecule has 0 fully saturated rings. The second-order valence-corrected chi connectivity index (χ2v) is 4.41. The summed E-state index contributed by atoms with van der Waals surface area (Å²) in [6.45, 7) is 0.0162. The number of aromatic nitrogens is 1. The summed E-state index contributed by atoms with van der Waals surface area (Å²) >= 11 is 0. The minimum atomic E-state index is -3.41. The van der Waals surface area contributed by atoms with Crippen LogP contribution in [0.15, 0.2) is 18.3 Å². The summed E-state index contributed by atoms with van der Waals surface area (Å²) in [7, 11) is -3.41. The third kappa shape index (κ3) is 4.29. The van der Waals surface area contributed by atoms with Crippen LogP contribution in [0.25, 0.3) is 0 Å². The highest BCUT2D eigenvalue weighted by molar-refractivity contribution is 7.85. The largest absolute Gasteiger partial charge is 0.270 e. The van der Waals surface area contributed by atoms with Gasteiger partial charge in [-0.25, -0.2) is 4.98 Å². The molecule has 0 spiro atoms. The standard InChI is InChI=1S/C8H10FNO3S/c1-14(11,12)13-5-3-7-2-4-10-8(9)6-7/h2,4,6H,3,5H2,1H3. The van der Waals surface area contributed by atoms with Crippen molar-refractivity contribution in [3.8, 4) is 0 Å². The smallest absolute Gasteiger partial charge is 0.264 e. The van der Waals surface area contributed by atoms with Gasteiger partial charge in [0.1, 0.15) is 0 Å². The van der Waals surface area contributed by atoms with Crippen molar-refractivity contribution in [2.45, 2.75) is 6.42 Å². The van der Waals surface area contributed by atoms with Crippen molar-refractivity contribution in [2.75, 3.05) is 12.9 Å². The Kier molecular flexibility index (Phi) is 3.54. The Morgan fingerprint density at radius 2 is 2.29 bits per heavy atom. The van der Waals surface area contributed by atoms with E-state index < -0.39 is 16.1 Å². The molecule has 1 aromatic heterocycles. The first kappa shape index (κ1) is 11.1. The average molecular weight is 219 g/mol. The molecule has 78 valence electrons. The molecule has 0 unspecified atom stereocenters. The van der Waals surface area contributed by atoms with Gasteiger partial charge in [-0.05, 0) is 24.1 Å². The van der Waals surface area contributed by atoms with E-state index in [9.17, 15) is 12.8 Å². The second-order valence-electron chi connectivity index (χ2n) is 2.76. The lowest BCUT2D eigenvalue weighted by atomic mass is 10.2. The van der Waals surface area contributed by atoms with E-state index in [0.717, 1.165) is 6.26 Å². The van der Waals surface area contributed by atoms with Crippen molar-refractivity contribution in [1.29, 1.82) is 0 Å². The molecule has 1 rings (SSSR count). The van der Waals surface area contributed by atoms with E-state index >= 15 is 0 Å².